The Kier molecular flexibility index (Phi) is 5.41. The van der Waals surface area contributed by atoms with Crippen molar-refractivity contribution < 1.29 is 19.3 Å². The monoisotopic (exact) mass is 468 g/mol. The minimum Gasteiger partial charge on any atom is -0.468 e. The van der Waals surface area contributed by atoms with Crippen LogP contribution in [0.1, 0.15) is 52.5 Å². The van der Waals surface area contributed by atoms with Gasteiger partial charge in [-0.1, -0.05) is 42.8 Å². The maximum Gasteiger partial charge on any atom is 0.249 e. The lowest BCUT2D eigenvalue weighted by atomic mass is 9.76. The molecule has 6 nitrogen and oxygen atoms in total. The smallest absolute Gasteiger partial charge is 0.249 e. The molecule has 6 heteroatoms. The lowest BCUT2D eigenvalue weighted by Gasteiger charge is -2.34. The van der Waals surface area contributed by atoms with Crippen LogP contribution < -0.4 is 15.0 Å². The molecule has 35 heavy (non-hydrogen) atoms. The third kappa shape index (κ3) is 3.64. The van der Waals surface area contributed by atoms with Gasteiger partial charge in [0.2, 0.25) is 23.3 Å². The molecule has 1 unspecified atom stereocenters. The second-order valence-corrected chi connectivity index (χ2v) is 9.87. The van der Waals surface area contributed by atoms with Gasteiger partial charge in [-0.25, -0.2) is 4.99 Å². The Hall–Kier alpha value is -3.51. The van der Waals surface area contributed by atoms with Gasteiger partial charge in [0.1, 0.15) is 5.57 Å². The highest BCUT2D eigenvalue weighted by molar-refractivity contribution is 6.39. The van der Waals surface area contributed by atoms with Gasteiger partial charge in [-0.15, -0.1) is 0 Å². The maximum absolute atomic E-state index is 13.8. The van der Waals surface area contributed by atoms with E-state index < -0.39 is 6.10 Å². The van der Waals surface area contributed by atoms with E-state index in [2.05, 4.69) is 22.1 Å². The van der Waals surface area contributed by atoms with Gasteiger partial charge in [0.25, 0.3) is 0 Å². The molecule has 2 aromatic rings. The van der Waals surface area contributed by atoms with Crippen molar-refractivity contribution in [2.75, 3.05) is 19.6 Å². The first-order valence-electron chi connectivity index (χ1n) is 12.6. The lowest BCUT2D eigenvalue weighted by molar-refractivity contribution is -0.363. The maximum atomic E-state index is 13.8. The molecular formula is C29H30N3O3+. The van der Waals surface area contributed by atoms with Gasteiger partial charge in [-0.2, -0.15) is 0 Å². The third-order valence-electron chi connectivity index (χ3n) is 7.66. The van der Waals surface area contributed by atoms with E-state index in [1.54, 1.807) is 18.2 Å². The molecule has 6 rings (SSSR count). The Morgan fingerprint density at radius 2 is 1.80 bits per heavy atom. The van der Waals surface area contributed by atoms with Crippen LogP contribution in [-0.2, 0) is 0 Å². The van der Waals surface area contributed by atoms with Crippen LogP contribution in [0.25, 0.3) is 0 Å². The number of ether oxygens (including phenoxy) is 1. The molecule has 0 amide bonds. The van der Waals surface area contributed by atoms with E-state index in [0.717, 1.165) is 30.1 Å². The molecule has 1 fully saturated rings. The Bertz CT molecular complexity index is 1340. The molecule has 0 radical (unpaired) electrons. The van der Waals surface area contributed by atoms with Gasteiger partial charge >= 0.3 is 0 Å². The normalized spacial score (nSPS) is 23.4. The summed E-state index contributed by atoms with van der Waals surface area (Å²) >= 11 is 0. The number of rotatable bonds is 4. The van der Waals surface area contributed by atoms with Gasteiger partial charge in [-0.3, -0.25) is 14.5 Å². The number of fused-ring (bicyclic) bond motifs is 4. The van der Waals surface area contributed by atoms with Crippen LogP contribution in [0.2, 0.25) is 0 Å². The summed E-state index contributed by atoms with van der Waals surface area (Å²) in [5, 5.41) is 3.51. The van der Waals surface area contributed by atoms with Gasteiger partial charge < -0.3 is 10.1 Å². The van der Waals surface area contributed by atoms with Crippen molar-refractivity contribution in [3.63, 3.8) is 0 Å². The first-order chi connectivity index (χ1) is 17.0. The number of ketones is 2. The number of aryl methyl sites for hydroxylation is 1. The predicted molar refractivity (Wildman–Crippen MR) is 134 cm³/mol. The molecule has 2 N–H and O–H groups in total. The minimum absolute atomic E-state index is 0.122. The highest BCUT2D eigenvalue weighted by atomic mass is 16.5. The molecule has 0 saturated carbocycles. The fraction of sp³-hybridized carbons (Fsp3) is 0.345. The van der Waals surface area contributed by atoms with Crippen LogP contribution in [-0.4, -0.2) is 54.0 Å². The Balaban J connectivity index is 1.40. The fourth-order valence-corrected chi connectivity index (χ4v) is 5.72. The quantitative estimate of drug-likeness (QED) is 0.722. The lowest BCUT2D eigenvalue weighted by Crippen LogP contribution is -2.74. The predicted octanol–water partition coefficient (Wildman–Crippen LogP) is 2.65. The SMILES string of the molecule is Cc1cccc2c1[NH+]=C1C3=C(C(=O)c4ccccc4C3=O)C(NCCN3CCCC[C@H]3C)=CC1O2. The summed E-state index contributed by atoms with van der Waals surface area (Å²) < 4.78 is 6.36. The van der Waals surface area contributed by atoms with E-state index in [-0.39, 0.29) is 11.6 Å². The number of hydrogen-bond acceptors (Lipinski definition) is 5. The topological polar surface area (TPSA) is 72.6 Å². The summed E-state index contributed by atoms with van der Waals surface area (Å²) in [6.07, 6.45) is 5.21. The number of benzene rings is 2. The van der Waals surface area contributed by atoms with E-state index in [0.29, 0.717) is 46.3 Å². The van der Waals surface area contributed by atoms with Crippen molar-refractivity contribution in [1.82, 2.24) is 10.2 Å². The zero-order chi connectivity index (χ0) is 24.1. The molecule has 0 aromatic heterocycles. The number of para-hydroxylation sites is 1. The van der Waals surface area contributed by atoms with E-state index in [4.69, 9.17) is 4.74 Å². The molecule has 178 valence electrons. The molecule has 0 spiro atoms. The van der Waals surface area contributed by atoms with Crippen molar-refractivity contribution >= 4 is 23.0 Å². The van der Waals surface area contributed by atoms with Crippen molar-refractivity contribution in [2.45, 2.75) is 45.3 Å². The number of nitrogens with one attached hydrogen (secondary N) is 2. The first kappa shape index (κ1) is 22.0. The van der Waals surface area contributed by atoms with Crippen LogP contribution in [0, 0.1) is 6.92 Å². The summed E-state index contributed by atoms with van der Waals surface area (Å²) in [6.45, 7) is 6.97. The Morgan fingerprint density at radius 1 is 1.03 bits per heavy atom. The molecule has 0 bridgehead atoms. The summed E-state index contributed by atoms with van der Waals surface area (Å²) in [7, 11) is 0. The molecule has 2 aliphatic carbocycles. The fourth-order valence-electron chi connectivity index (χ4n) is 5.72. The number of likely N-dealkylation sites (tertiary alicyclic amines) is 1. The van der Waals surface area contributed by atoms with Crippen molar-refractivity contribution in [1.29, 1.82) is 0 Å². The molecule has 2 heterocycles. The molecule has 2 aliphatic heterocycles. The van der Waals surface area contributed by atoms with Crippen LogP contribution in [0.3, 0.4) is 0 Å². The van der Waals surface area contributed by atoms with Crippen molar-refractivity contribution in [2.24, 2.45) is 0 Å². The van der Waals surface area contributed by atoms with Crippen molar-refractivity contribution in [3.8, 4) is 5.75 Å². The standard InChI is InChI=1S/C29H29N3O3/c1-17-8-7-12-22-26(17)31-27-23(35-22)16-21(30-13-15-32-14-6-5-9-18(32)2)24-25(27)29(34)20-11-4-3-10-19(20)28(24)33/h3-4,7-8,10-12,16,18,23,30H,5-6,9,13-15H2,1-2H3/p+1/t18-,23?/m1/s1. The number of carbonyl (C=O) groups excluding carboxylic acids is 2. The number of hydrogen-bond donors (Lipinski definition) is 2. The van der Waals surface area contributed by atoms with Gasteiger partial charge in [0, 0.05) is 41.5 Å². The molecule has 1 saturated heterocycles. The summed E-state index contributed by atoms with van der Waals surface area (Å²) in [6, 6.07) is 13.6. The highest BCUT2D eigenvalue weighted by Crippen LogP contribution is 2.36. The molecule has 2 atom stereocenters. The summed E-state index contributed by atoms with van der Waals surface area (Å²) in [5.41, 5.74) is 4.96. The third-order valence-corrected chi connectivity index (χ3v) is 7.66. The van der Waals surface area contributed by atoms with E-state index in [1.807, 2.05) is 37.3 Å². The molecular weight excluding hydrogens is 438 g/mol. The number of piperidine rings is 1. The van der Waals surface area contributed by atoms with E-state index >= 15 is 0 Å². The largest absolute Gasteiger partial charge is 0.468 e. The minimum atomic E-state index is -0.471. The Morgan fingerprint density at radius 3 is 2.57 bits per heavy atom. The van der Waals surface area contributed by atoms with Crippen LogP contribution >= 0.6 is 0 Å². The summed E-state index contributed by atoms with van der Waals surface area (Å²) in [5.74, 6) is 0.486. The van der Waals surface area contributed by atoms with E-state index in [9.17, 15) is 9.59 Å². The van der Waals surface area contributed by atoms with Crippen LogP contribution in [0.4, 0.5) is 5.69 Å². The first-order valence-corrected chi connectivity index (χ1v) is 12.6. The summed E-state index contributed by atoms with van der Waals surface area (Å²) in [4.78, 5) is 33.5. The van der Waals surface area contributed by atoms with E-state index in [1.165, 1.54) is 19.3 Å². The van der Waals surface area contributed by atoms with Gasteiger partial charge in [-0.05, 0) is 45.4 Å². The zero-order valence-electron chi connectivity index (χ0n) is 20.2. The number of Topliss-reactive ketones (excluding diaryl/α,β-unsaturated/α-hetero) is 2. The van der Waals surface area contributed by atoms with Gasteiger partial charge in [0.05, 0.1) is 5.57 Å². The van der Waals surface area contributed by atoms with Crippen LogP contribution in [0.15, 0.2) is 65.4 Å². The van der Waals surface area contributed by atoms with Gasteiger partial charge in [0.15, 0.2) is 11.5 Å². The number of carbonyl (C=O) groups is 2. The second kappa shape index (κ2) is 8.61. The molecule has 4 aliphatic rings. The molecule has 2 aromatic carbocycles. The van der Waals surface area contributed by atoms with Crippen LogP contribution in [0.5, 0.6) is 5.75 Å². The Labute approximate surface area is 205 Å². The zero-order valence-corrected chi connectivity index (χ0v) is 20.2. The number of allylic oxidation sites excluding steroid dienone is 1. The average Bonchev–Trinajstić information content (AvgIpc) is 2.87. The average molecular weight is 469 g/mol. The second-order valence-electron chi connectivity index (χ2n) is 9.87. The number of nitrogens with zero attached hydrogens (tertiary/aromatic N) is 1. The van der Waals surface area contributed by atoms with Crippen molar-refractivity contribution in [3.05, 3.63) is 82.1 Å². The highest BCUT2D eigenvalue weighted by Gasteiger charge is 2.46.